The minimum atomic E-state index is -0.152. The maximum Gasteiger partial charge on any atom is 0.252 e. The molecular formula is C69H82BN3. The maximum atomic E-state index is 2.99. The number of fused-ring (bicyclic) bond motifs is 13. The quantitative estimate of drug-likeness (QED) is 0.160. The van der Waals surface area contributed by atoms with E-state index >= 15 is 0 Å². The Morgan fingerprint density at radius 3 is 1.64 bits per heavy atom. The number of benzene rings is 6. The van der Waals surface area contributed by atoms with E-state index in [2.05, 4.69) is 223 Å². The number of hydrogen-bond acceptors (Lipinski definition) is 3. The number of anilines is 7. The second-order valence-corrected chi connectivity index (χ2v) is 29.0. The van der Waals surface area contributed by atoms with Crippen molar-refractivity contribution in [1.29, 1.82) is 0 Å². The molecule has 376 valence electrons. The van der Waals surface area contributed by atoms with E-state index in [0.29, 0.717) is 0 Å². The number of aryl methyl sites for hydroxylation is 2. The topological polar surface area (TPSA) is 9.72 Å². The molecule has 0 amide bonds. The summed E-state index contributed by atoms with van der Waals surface area (Å²) in [5.41, 5.74) is 29.7. The first-order valence-corrected chi connectivity index (χ1v) is 28.5. The molecule has 6 aromatic carbocycles. The van der Waals surface area contributed by atoms with Crippen LogP contribution in [0, 0.1) is 13.8 Å². The van der Waals surface area contributed by atoms with E-state index in [0.717, 1.165) is 0 Å². The van der Waals surface area contributed by atoms with Crippen molar-refractivity contribution >= 4 is 62.9 Å². The fourth-order valence-corrected chi connectivity index (χ4v) is 16.7. The van der Waals surface area contributed by atoms with Crippen molar-refractivity contribution in [1.82, 2.24) is 0 Å². The fourth-order valence-electron chi connectivity index (χ4n) is 16.7. The number of rotatable bonds is 2. The van der Waals surface area contributed by atoms with Gasteiger partial charge in [0.05, 0.1) is 16.8 Å². The van der Waals surface area contributed by atoms with Crippen LogP contribution in [0.3, 0.4) is 0 Å². The van der Waals surface area contributed by atoms with Crippen molar-refractivity contribution in [2.24, 2.45) is 0 Å². The van der Waals surface area contributed by atoms with Crippen LogP contribution in [0.25, 0.3) is 11.1 Å². The lowest BCUT2D eigenvalue weighted by Gasteiger charge is -2.54. The van der Waals surface area contributed by atoms with Gasteiger partial charge >= 0.3 is 0 Å². The van der Waals surface area contributed by atoms with Crippen LogP contribution in [-0.4, -0.2) is 17.8 Å². The van der Waals surface area contributed by atoms with Gasteiger partial charge in [0.2, 0.25) is 0 Å². The van der Waals surface area contributed by atoms with Crippen molar-refractivity contribution < 1.29 is 0 Å². The van der Waals surface area contributed by atoms with E-state index in [1.165, 1.54) is 158 Å². The third-order valence-electron chi connectivity index (χ3n) is 21.4. The normalized spacial score (nSPS) is 25.9. The molecule has 3 nitrogen and oxygen atoms in total. The van der Waals surface area contributed by atoms with Crippen molar-refractivity contribution in [2.45, 2.75) is 213 Å². The predicted molar refractivity (Wildman–Crippen MR) is 315 cm³/mol. The van der Waals surface area contributed by atoms with Crippen LogP contribution < -0.4 is 31.1 Å². The van der Waals surface area contributed by atoms with Gasteiger partial charge in [0.1, 0.15) is 0 Å². The molecule has 2 saturated carbocycles. The van der Waals surface area contributed by atoms with Crippen LogP contribution in [0.5, 0.6) is 0 Å². The summed E-state index contributed by atoms with van der Waals surface area (Å²) in [6, 6.07) is 38.2. The minimum Gasteiger partial charge on any atom is -0.335 e. The largest absolute Gasteiger partial charge is 0.335 e. The second-order valence-electron chi connectivity index (χ2n) is 29.0. The summed E-state index contributed by atoms with van der Waals surface area (Å²) >= 11 is 0. The highest BCUT2D eigenvalue weighted by Gasteiger charge is 2.63. The molecule has 0 saturated heterocycles. The summed E-state index contributed by atoms with van der Waals surface area (Å²) < 4.78 is 0. The highest BCUT2D eigenvalue weighted by atomic mass is 15.3. The molecule has 4 heteroatoms. The monoisotopic (exact) mass is 964 g/mol. The molecule has 4 atom stereocenters. The Kier molecular flexibility index (Phi) is 9.49. The third-order valence-corrected chi connectivity index (χ3v) is 21.4. The molecule has 4 aliphatic heterocycles. The molecule has 3 aliphatic carbocycles. The van der Waals surface area contributed by atoms with Gasteiger partial charge in [-0.05, 0) is 171 Å². The van der Waals surface area contributed by atoms with E-state index in [9.17, 15) is 0 Å². The molecule has 0 N–H and O–H groups in total. The first kappa shape index (κ1) is 47.5. The zero-order valence-corrected chi connectivity index (χ0v) is 47.7. The molecule has 13 rings (SSSR count). The lowest BCUT2D eigenvalue weighted by atomic mass is 9.33. The molecule has 0 aromatic heterocycles. The average Bonchev–Trinajstić information content (AvgIpc) is 3.77. The molecule has 0 spiro atoms. The first-order chi connectivity index (χ1) is 34.1. The van der Waals surface area contributed by atoms with Gasteiger partial charge in [-0.15, -0.1) is 0 Å². The molecule has 73 heavy (non-hydrogen) atoms. The van der Waals surface area contributed by atoms with Gasteiger partial charge in [0.25, 0.3) is 6.71 Å². The van der Waals surface area contributed by atoms with Crippen molar-refractivity contribution in [3.8, 4) is 11.1 Å². The van der Waals surface area contributed by atoms with Crippen LogP contribution in [0.1, 0.15) is 205 Å². The highest BCUT2D eigenvalue weighted by molar-refractivity contribution is 7.00. The molecule has 4 heterocycles. The third kappa shape index (κ3) is 5.96. The van der Waals surface area contributed by atoms with Gasteiger partial charge < -0.3 is 14.7 Å². The van der Waals surface area contributed by atoms with Crippen LogP contribution in [0.4, 0.5) is 39.8 Å². The molecule has 2 fully saturated rings. The zero-order chi connectivity index (χ0) is 51.7. The maximum absolute atomic E-state index is 2.99. The van der Waals surface area contributed by atoms with E-state index in [-0.39, 0.29) is 50.3 Å². The van der Waals surface area contributed by atoms with Crippen LogP contribution in [-0.2, 0) is 32.5 Å². The van der Waals surface area contributed by atoms with Gasteiger partial charge in [-0.1, -0.05) is 182 Å². The SMILES string of the molecule is Cc1cc(C(C)(C)C)cc(C)c1N1c2cc3c(cc2B2c4cc(C(C)(C)C)cc5c4N(c4cc(N6c7ccc(C(C)(C)C)cc7C7(C)CCCCC67C)cc1c42)C1(C)CCCCC51C)-c1ccccc1C3(C)C. The molecule has 7 aliphatic rings. The number of hydrogen-bond donors (Lipinski definition) is 0. The molecular weight excluding hydrogens is 882 g/mol. The Balaban J connectivity index is 1.20. The number of nitrogens with zero attached hydrogens (tertiary/aromatic N) is 3. The van der Waals surface area contributed by atoms with Gasteiger partial charge in [-0.25, -0.2) is 0 Å². The van der Waals surface area contributed by atoms with Crippen LogP contribution >= 0.6 is 0 Å². The zero-order valence-electron chi connectivity index (χ0n) is 47.7. The average molecular weight is 964 g/mol. The van der Waals surface area contributed by atoms with Crippen molar-refractivity contribution in [2.75, 3.05) is 14.7 Å². The summed E-state index contributed by atoms with van der Waals surface area (Å²) in [4.78, 5) is 8.70. The smallest absolute Gasteiger partial charge is 0.252 e. The van der Waals surface area contributed by atoms with E-state index in [4.69, 9.17) is 0 Å². The molecule has 6 aromatic rings. The summed E-state index contributed by atoms with van der Waals surface area (Å²) in [5.74, 6) is 0. The Morgan fingerprint density at radius 2 is 1.00 bits per heavy atom. The van der Waals surface area contributed by atoms with E-state index < -0.39 is 0 Å². The fraction of sp³-hybridized carbons (Fsp3) is 0.478. The molecule has 4 unspecified atom stereocenters. The van der Waals surface area contributed by atoms with Crippen molar-refractivity contribution in [3.05, 3.63) is 141 Å². The lowest BCUT2D eigenvalue weighted by molar-refractivity contribution is 0.194. The highest BCUT2D eigenvalue weighted by Crippen LogP contribution is 2.66. The lowest BCUT2D eigenvalue weighted by Crippen LogP contribution is -2.64. The standard InChI is InChI=1S/C69H82BN3/c1-41-32-44(63(6,7)8)33-42(2)60(41)71-56-40-50-48(47-24-18-19-25-49(47)65(50,12)13)39-53(56)70-54-36-45(64(9,10)11)35-52-61(54)73(69(17)31-23-21-29-67(52,69)15)58-38-46(37-57(71)59(58)70)72-55-27-26-43(62(3,4)5)34-51(55)66(14)28-20-22-30-68(66,72)16/h18-19,24-27,32-40H,20-23,28-31H2,1-17H3. The summed E-state index contributed by atoms with van der Waals surface area (Å²) in [6.07, 6.45) is 9.81. The predicted octanol–water partition coefficient (Wildman–Crippen LogP) is 16.6. The Bertz CT molecular complexity index is 3380. The van der Waals surface area contributed by atoms with Crippen LogP contribution in [0.15, 0.2) is 91.0 Å². The van der Waals surface area contributed by atoms with Gasteiger partial charge in [0, 0.05) is 50.4 Å². The first-order valence-electron chi connectivity index (χ1n) is 28.5. The second kappa shape index (κ2) is 14.6. The molecule has 0 bridgehead atoms. The van der Waals surface area contributed by atoms with E-state index in [1.54, 1.807) is 11.1 Å². The molecule has 0 radical (unpaired) electrons. The van der Waals surface area contributed by atoms with Gasteiger partial charge in [-0.2, -0.15) is 0 Å². The Labute approximate surface area is 440 Å². The van der Waals surface area contributed by atoms with Crippen molar-refractivity contribution in [3.63, 3.8) is 0 Å². The minimum absolute atomic E-state index is 0.00555. The Morgan fingerprint density at radius 1 is 0.438 bits per heavy atom. The van der Waals surface area contributed by atoms with Crippen LogP contribution in [0.2, 0.25) is 0 Å². The Hall–Kier alpha value is -5.22. The van der Waals surface area contributed by atoms with E-state index in [1.807, 2.05) is 0 Å². The van der Waals surface area contributed by atoms with Gasteiger partial charge in [-0.3, -0.25) is 0 Å². The summed E-state index contributed by atoms with van der Waals surface area (Å²) in [7, 11) is 0. The summed E-state index contributed by atoms with van der Waals surface area (Å²) in [5, 5.41) is 0. The van der Waals surface area contributed by atoms with Gasteiger partial charge in [0.15, 0.2) is 0 Å². The summed E-state index contributed by atoms with van der Waals surface area (Å²) in [6.45, 7) is 42.0.